The second kappa shape index (κ2) is 4.46. The Morgan fingerprint density at radius 3 is 2.95 bits per heavy atom. The van der Waals surface area contributed by atoms with Gasteiger partial charge in [-0.15, -0.1) is 0 Å². The van der Waals surface area contributed by atoms with E-state index in [9.17, 15) is 4.39 Å². The maximum Gasteiger partial charge on any atom is 0.148 e. The first-order valence-electron chi connectivity index (χ1n) is 6.20. The third-order valence-corrected chi connectivity index (χ3v) is 3.45. The molecule has 0 amide bonds. The first kappa shape index (κ1) is 11.8. The lowest BCUT2D eigenvalue weighted by atomic mass is 10.1. The molecule has 0 atom stereocenters. The fourth-order valence-electron chi connectivity index (χ4n) is 2.34. The molecule has 2 aromatic rings. The first-order valence-corrected chi connectivity index (χ1v) is 6.20. The molecule has 1 aliphatic heterocycles. The Hall–Kier alpha value is -2.23. The summed E-state index contributed by atoms with van der Waals surface area (Å²) in [4.78, 5) is 1.89. The summed E-state index contributed by atoms with van der Waals surface area (Å²) in [5.41, 5.74) is 8.78. The Balaban J connectivity index is 2.00. The molecule has 2 aromatic carbocycles. The number of hydrogen-bond acceptors (Lipinski definition) is 3. The monoisotopic (exact) mass is 258 g/mol. The van der Waals surface area contributed by atoms with Gasteiger partial charge in [0.1, 0.15) is 11.6 Å². The summed E-state index contributed by atoms with van der Waals surface area (Å²) >= 11 is 0. The van der Waals surface area contributed by atoms with Crippen LogP contribution in [0.1, 0.15) is 5.56 Å². The van der Waals surface area contributed by atoms with Crippen molar-refractivity contribution in [1.29, 1.82) is 0 Å². The summed E-state index contributed by atoms with van der Waals surface area (Å²) in [6, 6.07) is 10.8. The van der Waals surface area contributed by atoms with Gasteiger partial charge in [-0.3, -0.25) is 0 Å². The molecule has 0 spiro atoms. The van der Waals surface area contributed by atoms with Gasteiger partial charge >= 0.3 is 0 Å². The number of ether oxygens (including phenoxy) is 1. The molecule has 0 saturated carbocycles. The van der Waals surface area contributed by atoms with E-state index >= 15 is 0 Å². The van der Waals surface area contributed by atoms with Crippen molar-refractivity contribution in [2.75, 3.05) is 24.3 Å². The molecule has 98 valence electrons. The number of nitrogens with zero attached hydrogens (tertiary/aromatic N) is 1. The third-order valence-electron chi connectivity index (χ3n) is 3.45. The van der Waals surface area contributed by atoms with Crippen molar-refractivity contribution < 1.29 is 9.13 Å². The van der Waals surface area contributed by atoms with E-state index in [1.54, 1.807) is 6.07 Å². The van der Waals surface area contributed by atoms with Gasteiger partial charge in [-0.2, -0.15) is 0 Å². The largest absolute Gasteiger partial charge is 0.493 e. The molecule has 3 rings (SSSR count). The van der Waals surface area contributed by atoms with Crippen molar-refractivity contribution in [3.63, 3.8) is 0 Å². The standard InChI is InChI=1S/C15H15FN2O/c1-18(13-4-2-3-12(16)15(13)17)11-5-6-14-10(9-11)7-8-19-14/h2-6,9H,7-8,17H2,1H3. The zero-order chi connectivity index (χ0) is 13.4. The molecule has 3 nitrogen and oxygen atoms in total. The number of anilines is 3. The lowest BCUT2D eigenvalue weighted by Gasteiger charge is -2.22. The Morgan fingerprint density at radius 2 is 2.11 bits per heavy atom. The van der Waals surface area contributed by atoms with Crippen molar-refractivity contribution >= 4 is 17.1 Å². The Labute approximate surface area is 111 Å². The molecule has 4 heteroatoms. The highest BCUT2D eigenvalue weighted by atomic mass is 19.1. The lowest BCUT2D eigenvalue weighted by molar-refractivity contribution is 0.357. The molecule has 1 heterocycles. The Morgan fingerprint density at radius 1 is 1.26 bits per heavy atom. The van der Waals surface area contributed by atoms with Crippen LogP contribution < -0.4 is 15.4 Å². The second-order valence-electron chi connectivity index (χ2n) is 4.62. The van der Waals surface area contributed by atoms with Crippen LogP contribution in [0, 0.1) is 5.82 Å². The van der Waals surface area contributed by atoms with Gasteiger partial charge in [0.15, 0.2) is 0 Å². The zero-order valence-electron chi connectivity index (χ0n) is 10.7. The quantitative estimate of drug-likeness (QED) is 0.841. The fraction of sp³-hybridized carbons (Fsp3) is 0.200. The molecule has 19 heavy (non-hydrogen) atoms. The molecule has 2 N–H and O–H groups in total. The van der Waals surface area contributed by atoms with Gasteiger partial charge in [0.2, 0.25) is 0 Å². The van der Waals surface area contributed by atoms with Gasteiger partial charge in [-0.1, -0.05) is 6.07 Å². The molecule has 0 bridgehead atoms. The average molecular weight is 258 g/mol. The van der Waals surface area contributed by atoms with Crippen LogP contribution in [0.4, 0.5) is 21.5 Å². The van der Waals surface area contributed by atoms with Crippen molar-refractivity contribution in [1.82, 2.24) is 0 Å². The highest BCUT2D eigenvalue weighted by Gasteiger charge is 2.15. The molecule has 0 fully saturated rings. The van der Waals surface area contributed by atoms with Crippen LogP contribution in [-0.2, 0) is 6.42 Å². The number of fused-ring (bicyclic) bond motifs is 1. The minimum Gasteiger partial charge on any atom is -0.493 e. The van der Waals surface area contributed by atoms with Crippen molar-refractivity contribution in [2.45, 2.75) is 6.42 Å². The fourth-order valence-corrected chi connectivity index (χ4v) is 2.34. The lowest BCUT2D eigenvalue weighted by Crippen LogP contribution is -2.12. The van der Waals surface area contributed by atoms with Crippen LogP contribution in [0.2, 0.25) is 0 Å². The summed E-state index contributed by atoms with van der Waals surface area (Å²) < 4.78 is 19.0. The predicted octanol–water partition coefficient (Wildman–Crippen LogP) is 3.11. The van der Waals surface area contributed by atoms with Gasteiger partial charge in [0, 0.05) is 19.2 Å². The number of rotatable bonds is 2. The van der Waals surface area contributed by atoms with E-state index < -0.39 is 5.82 Å². The van der Waals surface area contributed by atoms with Crippen LogP contribution in [0.15, 0.2) is 36.4 Å². The van der Waals surface area contributed by atoms with E-state index in [2.05, 4.69) is 6.07 Å². The summed E-state index contributed by atoms with van der Waals surface area (Å²) in [7, 11) is 1.88. The van der Waals surface area contributed by atoms with E-state index in [0.29, 0.717) is 5.69 Å². The number of hydrogen-bond donors (Lipinski definition) is 1. The zero-order valence-corrected chi connectivity index (χ0v) is 10.7. The molecule has 1 aliphatic rings. The van der Waals surface area contributed by atoms with E-state index in [1.165, 1.54) is 11.6 Å². The summed E-state index contributed by atoms with van der Waals surface area (Å²) in [5, 5.41) is 0. The molecular weight excluding hydrogens is 243 g/mol. The van der Waals surface area contributed by atoms with Crippen molar-refractivity contribution in [3.8, 4) is 5.75 Å². The van der Waals surface area contributed by atoms with E-state index in [1.807, 2.05) is 30.1 Å². The summed E-state index contributed by atoms with van der Waals surface area (Å²) in [6.07, 6.45) is 0.912. The minimum atomic E-state index is -0.395. The van der Waals surface area contributed by atoms with Crippen LogP contribution >= 0.6 is 0 Å². The van der Waals surface area contributed by atoms with E-state index in [-0.39, 0.29) is 5.69 Å². The first-order chi connectivity index (χ1) is 9.16. The van der Waals surface area contributed by atoms with Gasteiger partial charge in [-0.05, 0) is 35.9 Å². The predicted molar refractivity (Wildman–Crippen MR) is 74.5 cm³/mol. The van der Waals surface area contributed by atoms with Crippen LogP contribution in [0.3, 0.4) is 0 Å². The number of halogens is 1. The van der Waals surface area contributed by atoms with Gasteiger partial charge in [0.25, 0.3) is 0 Å². The third kappa shape index (κ3) is 1.99. The number of nitrogen functional groups attached to an aromatic ring is 1. The Kier molecular flexibility index (Phi) is 2.78. The molecule has 0 radical (unpaired) electrons. The van der Waals surface area contributed by atoms with Crippen molar-refractivity contribution in [3.05, 3.63) is 47.8 Å². The van der Waals surface area contributed by atoms with Gasteiger partial charge < -0.3 is 15.4 Å². The minimum absolute atomic E-state index is 0.168. The highest BCUT2D eigenvalue weighted by Crippen LogP contribution is 2.34. The molecule has 0 saturated heterocycles. The second-order valence-corrected chi connectivity index (χ2v) is 4.62. The smallest absolute Gasteiger partial charge is 0.148 e. The number of benzene rings is 2. The average Bonchev–Trinajstić information content (AvgIpc) is 2.88. The van der Waals surface area contributed by atoms with Crippen molar-refractivity contribution in [2.24, 2.45) is 0 Å². The maximum absolute atomic E-state index is 13.5. The summed E-state index contributed by atoms with van der Waals surface area (Å²) in [5.74, 6) is 0.540. The number of nitrogens with two attached hydrogens (primary N) is 1. The molecule has 0 unspecified atom stereocenters. The van der Waals surface area contributed by atoms with Crippen LogP contribution in [0.5, 0.6) is 5.75 Å². The molecular formula is C15H15FN2O. The Bertz CT molecular complexity index is 628. The van der Waals surface area contributed by atoms with E-state index in [0.717, 1.165) is 24.5 Å². The van der Waals surface area contributed by atoms with Gasteiger partial charge in [-0.25, -0.2) is 4.39 Å². The topological polar surface area (TPSA) is 38.5 Å². The molecule has 0 aliphatic carbocycles. The molecule has 0 aromatic heterocycles. The van der Waals surface area contributed by atoms with Crippen LogP contribution in [0.25, 0.3) is 0 Å². The number of para-hydroxylation sites is 1. The SMILES string of the molecule is CN(c1ccc2c(c1)CCO2)c1cccc(F)c1N. The maximum atomic E-state index is 13.5. The summed E-state index contributed by atoms with van der Waals surface area (Å²) in [6.45, 7) is 0.727. The van der Waals surface area contributed by atoms with E-state index in [4.69, 9.17) is 10.5 Å². The highest BCUT2D eigenvalue weighted by molar-refractivity contribution is 5.75. The van der Waals surface area contributed by atoms with Gasteiger partial charge in [0.05, 0.1) is 18.0 Å². The van der Waals surface area contributed by atoms with Crippen LogP contribution in [-0.4, -0.2) is 13.7 Å². The normalized spacial score (nSPS) is 12.9.